The Balaban J connectivity index is 1.51. The Bertz CT molecular complexity index is 509. The minimum absolute atomic E-state index is 0.0289. The first kappa shape index (κ1) is 14.7. The fourth-order valence-electron chi connectivity index (χ4n) is 3.10. The van der Waals surface area contributed by atoms with Crippen LogP contribution >= 0.6 is 0 Å². The first-order chi connectivity index (χ1) is 10.1. The molecule has 0 saturated carbocycles. The molecule has 5 nitrogen and oxygen atoms in total. The number of nitrogens with zero attached hydrogens (tertiary/aromatic N) is 1. The SMILES string of the molecule is C[Si]1(C)OC(=O)[C@@H]2CC[C@@H](NOCc3ccccc3)CN21. The number of fused-ring (bicyclic) bond motifs is 1. The summed E-state index contributed by atoms with van der Waals surface area (Å²) in [5.74, 6) is -0.0321. The van der Waals surface area contributed by atoms with E-state index in [4.69, 9.17) is 9.26 Å². The second kappa shape index (κ2) is 5.88. The largest absolute Gasteiger partial charge is 0.504 e. The van der Waals surface area contributed by atoms with Gasteiger partial charge >= 0.3 is 14.4 Å². The third-order valence-corrected chi connectivity index (χ3v) is 6.81. The van der Waals surface area contributed by atoms with E-state index in [0.29, 0.717) is 6.61 Å². The van der Waals surface area contributed by atoms with Crippen molar-refractivity contribution >= 4 is 14.4 Å². The third kappa shape index (κ3) is 3.18. The van der Waals surface area contributed by atoms with E-state index in [-0.39, 0.29) is 18.1 Å². The first-order valence-corrected chi connectivity index (χ1v) is 10.3. The van der Waals surface area contributed by atoms with Gasteiger partial charge in [0.2, 0.25) is 0 Å². The average Bonchev–Trinajstić information content (AvgIpc) is 2.70. The lowest BCUT2D eigenvalue weighted by Gasteiger charge is -2.37. The van der Waals surface area contributed by atoms with E-state index in [2.05, 4.69) is 23.1 Å². The molecule has 0 unspecified atom stereocenters. The van der Waals surface area contributed by atoms with Gasteiger partial charge in [0.05, 0.1) is 6.61 Å². The van der Waals surface area contributed by atoms with E-state index in [0.717, 1.165) is 24.9 Å². The molecule has 1 aromatic rings. The van der Waals surface area contributed by atoms with Crippen LogP contribution < -0.4 is 5.48 Å². The van der Waals surface area contributed by atoms with Gasteiger partial charge in [-0.15, -0.1) is 0 Å². The minimum atomic E-state index is -2.02. The van der Waals surface area contributed by atoms with Crippen LogP contribution in [0.5, 0.6) is 0 Å². The van der Waals surface area contributed by atoms with Crippen LogP contribution in [0.15, 0.2) is 30.3 Å². The highest BCUT2D eigenvalue weighted by molar-refractivity contribution is 6.71. The molecule has 1 aromatic carbocycles. The zero-order valence-electron chi connectivity index (χ0n) is 12.5. The smallest absolute Gasteiger partial charge is 0.329 e. The van der Waals surface area contributed by atoms with Crippen molar-refractivity contribution < 1.29 is 14.1 Å². The summed E-state index contributed by atoms with van der Waals surface area (Å²) >= 11 is 0. The molecule has 3 rings (SSSR count). The maximum atomic E-state index is 11.8. The Kier molecular flexibility index (Phi) is 4.12. The lowest BCUT2D eigenvalue weighted by molar-refractivity contribution is -0.136. The van der Waals surface area contributed by atoms with Gasteiger partial charge < -0.3 is 4.43 Å². The summed E-state index contributed by atoms with van der Waals surface area (Å²) in [7, 11) is -2.02. The van der Waals surface area contributed by atoms with E-state index < -0.39 is 8.48 Å². The molecule has 2 aliphatic heterocycles. The molecular weight excluding hydrogens is 284 g/mol. The quantitative estimate of drug-likeness (QED) is 0.679. The number of piperidine rings is 1. The van der Waals surface area contributed by atoms with Crippen molar-refractivity contribution in [3.8, 4) is 0 Å². The fraction of sp³-hybridized carbons (Fsp3) is 0.533. The summed E-state index contributed by atoms with van der Waals surface area (Å²) in [6.45, 7) is 5.54. The Labute approximate surface area is 126 Å². The molecule has 6 heteroatoms. The van der Waals surface area contributed by atoms with Gasteiger partial charge in [0, 0.05) is 12.6 Å². The number of rotatable bonds is 4. The molecule has 0 bridgehead atoms. The van der Waals surface area contributed by atoms with Crippen molar-refractivity contribution in [1.82, 2.24) is 10.0 Å². The Morgan fingerprint density at radius 1 is 1.33 bits per heavy atom. The molecule has 2 aliphatic rings. The summed E-state index contributed by atoms with van der Waals surface area (Å²) in [5, 5.41) is 0. The van der Waals surface area contributed by atoms with Crippen molar-refractivity contribution in [2.75, 3.05) is 6.54 Å². The van der Waals surface area contributed by atoms with E-state index in [1.54, 1.807) is 0 Å². The molecule has 0 spiro atoms. The van der Waals surface area contributed by atoms with E-state index in [9.17, 15) is 4.79 Å². The Hall–Kier alpha value is -1.21. The topological polar surface area (TPSA) is 50.8 Å². The summed E-state index contributed by atoms with van der Waals surface area (Å²) in [6, 6.07) is 10.3. The normalized spacial score (nSPS) is 28.2. The standard InChI is InChI=1S/C15H22N2O3Si/c1-21(2)17-10-13(8-9-14(17)15(18)20-21)16-19-11-12-6-4-3-5-7-12/h3-7,13-14,16H,8-11H2,1-2H3/t13-,14+/m1/s1. The molecule has 0 aliphatic carbocycles. The van der Waals surface area contributed by atoms with Gasteiger partial charge in [-0.1, -0.05) is 30.3 Å². The predicted molar refractivity (Wildman–Crippen MR) is 81.5 cm³/mol. The minimum Gasteiger partial charge on any atom is -0.504 e. The van der Waals surface area contributed by atoms with Crippen molar-refractivity contribution in [3.05, 3.63) is 35.9 Å². The van der Waals surface area contributed by atoms with Gasteiger partial charge in [0.25, 0.3) is 0 Å². The molecule has 2 atom stereocenters. The van der Waals surface area contributed by atoms with Gasteiger partial charge in [-0.25, -0.2) is 0 Å². The second-order valence-electron chi connectivity index (χ2n) is 6.20. The van der Waals surface area contributed by atoms with Crippen LogP contribution in [0.4, 0.5) is 0 Å². The molecule has 0 radical (unpaired) electrons. The third-order valence-electron chi connectivity index (χ3n) is 4.23. The van der Waals surface area contributed by atoms with E-state index in [1.807, 2.05) is 30.3 Å². The van der Waals surface area contributed by atoms with Crippen LogP contribution in [0.2, 0.25) is 13.1 Å². The highest BCUT2D eigenvalue weighted by Crippen LogP contribution is 2.31. The number of hydroxylamine groups is 1. The number of carbonyl (C=O) groups is 1. The van der Waals surface area contributed by atoms with Crippen molar-refractivity contribution in [1.29, 1.82) is 0 Å². The van der Waals surface area contributed by atoms with Crippen LogP contribution in [0.3, 0.4) is 0 Å². The lowest BCUT2D eigenvalue weighted by atomic mass is 10.0. The summed E-state index contributed by atoms with van der Waals surface area (Å²) in [4.78, 5) is 17.5. The molecule has 2 fully saturated rings. The molecule has 21 heavy (non-hydrogen) atoms. The average molecular weight is 306 g/mol. The molecule has 1 N–H and O–H groups in total. The second-order valence-corrected chi connectivity index (χ2v) is 9.87. The first-order valence-electron chi connectivity index (χ1n) is 7.47. The monoisotopic (exact) mass is 306 g/mol. The van der Waals surface area contributed by atoms with Gasteiger partial charge in [-0.2, -0.15) is 5.48 Å². The van der Waals surface area contributed by atoms with Gasteiger partial charge in [-0.3, -0.25) is 14.2 Å². The molecule has 0 amide bonds. The van der Waals surface area contributed by atoms with Crippen molar-refractivity contribution in [2.45, 2.75) is 44.6 Å². The van der Waals surface area contributed by atoms with Crippen LogP contribution in [-0.4, -0.2) is 37.6 Å². The molecule has 2 saturated heterocycles. The predicted octanol–water partition coefficient (Wildman–Crippen LogP) is 1.80. The van der Waals surface area contributed by atoms with Gasteiger partial charge in [-0.05, 0) is 31.5 Å². The van der Waals surface area contributed by atoms with Crippen molar-refractivity contribution in [3.63, 3.8) is 0 Å². The van der Waals surface area contributed by atoms with Crippen LogP contribution in [0.25, 0.3) is 0 Å². The van der Waals surface area contributed by atoms with E-state index >= 15 is 0 Å². The Morgan fingerprint density at radius 2 is 2.10 bits per heavy atom. The maximum absolute atomic E-state index is 11.8. The van der Waals surface area contributed by atoms with E-state index in [1.165, 1.54) is 0 Å². The summed E-state index contributed by atoms with van der Waals surface area (Å²) in [5.41, 5.74) is 4.30. The van der Waals surface area contributed by atoms with Crippen LogP contribution in [0, 0.1) is 0 Å². The number of hydrogen-bond acceptors (Lipinski definition) is 5. The fourth-order valence-corrected chi connectivity index (χ4v) is 5.49. The zero-order valence-corrected chi connectivity index (χ0v) is 13.5. The molecule has 114 valence electrons. The molecule has 2 heterocycles. The van der Waals surface area contributed by atoms with Crippen LogP contribution in [0.1, 0.15) is 18.4 Å². The summed E-state index contributed by atoms with van der Waals surface area (Å²) < 4.78 is 7.84. The summed E-state index contributed by atoms with van der Waals surface area (Å²) in [6.07, 6.45) is 1.79. The molecule has 0 aromatic heterocycles. The number of carbonyl (C=O) groups excluding carboxylic acids is 1. The van der Waals surface area contributed by atoms with Gasteiger partial charge in [0.1, 0.15) is 6.04 Å². The zero-order chi connectivity index (χ0) is 14.9. The number of hydrogen-bond donors (Lipinski definition) is 1. The lowest BCUT2D eigenvalue weighted by Crippen LogP contribution is -2.57. The number of benzene rings is 1. The van der Waals surface area contributed by atoms with Crippen LogP contribution in [-0.2, 0) is 20.7 Å². The highest BCUT2D eigenvalue weighted by Gasteiger charge is 2.52. The number of nitrogens with one attached hydrogen (secondary N) is 1. The highest BCUT2D eigenvalue weighted by atomic mass is 28.4. The maximum Gasteiger partial charge on any atom is 0.329 e. The molecular formula is C15H22N2O3Si. The van der Waals surface area contributed by atoms with Gasteiger partial charge in [0.15, 0.2) is 0 Å². The Morgan fingerprint density at radius 3 is 2.86 bits per heavy atom. The van der Waals surface area contributed by atoms with Crippen molar-refractivity contribution in [2.24, 2.45) is 0 Å².